The average Bonchev–Trinajstić information content (AvgIpc) is 3.17. The van der Waals surface area contributed by atoms with Crippen LogP contribution in [0.4, 0.5) is 8.78 Å². The number of ether oxygens (including phenoxy) is 2. The first kappa shape index (κ1) is 31.2. The fourth-order valence-electron chi connectivity index (χ4n) is 8.89. The predicted octanol–water partition coefficient (Wildman–Crippen LogP) is 4.99. The highest BCUT2D eigenvalue weighted by Crippen LogP contribution is 2.71. The quantitative estimate of drug-likeness (QED) is 0.421. The summed E-state index contributed by atoms with van der Waals surface area (Å²) >= 11 is 0. The summed E-state index contributed by atoms with van der Waals surface area (Å²) in [4.78, 5) is 52.1. The number of allylic oxidation sites excluding steroid dienone is 4. The van der Waals surface area contributed by atoms with E-state index in [0.29, 0.717) is 12.0 Å². The van der Waals surface area contributed by atoms with Crippen LogP contribution >= 0.6 is 0 Å². The molecule has 9 atom stereocenters. The maximum atomic E-state index is 17.6. The van der Waals surface area contributed by atoms with E-state index >= 15 is 8.78 Å². The standard InChI is InChI=1S/C34H40F2O7/c1-5-9-29(40)43-34(28(39)19-42-30(41)15-21-10-7-6-8-11-21)20(2)14-23-24-17-26(35)25-16-22(37)12-13-31(25,3)33(24,36)27(38)18-32(23,34)4/h6-8,10-13,16,20,23-24,26-27,38H,5,9,14-15,17-19H2,1-4H3/t20-,23+,24+,26+,27+,31+,32+,33+,34+/m1/s1. The number of ketones is 2. The molecule has 0 unspecified atom stereocenters. The molecule has 0 spiro atoms. The van der Waals surface area contributed by atoms with Crippen molar-refractivity contribution in [1.82, 2.24) is 0 Å². The third-order valence-electron chi connectivity index (χ3n) is 10.9. The van der Waals surface area contributed by atoms with Crippen LogP contribution in [-0.2, 0) is 35.1 Å². The lowest BCUT2D eigenvalue weighted by Gasteiger charge is -2.63. The van der Waals surface area contributed by atoms with E-state index in [-0.39, 0.29) is 37.7 Å². The molecule has 4 aliphatic rings. The van der Waals surface area contributed by atoms with Crippen molar-refractivity contribution in [3.63, 3.8) is 0 Å². The van der Waals surface area contributed by atoms with E-state index in [0.717, 1.165) is 6.08 Å². The molecule has 9 heteroatoms. The summed E-state index contributed by atoms with van der Waals surface area (Å²) in [6, 6.07) is 8.90. The second-order valence-corrected chi connectivity index (χ2v) is 13.2. The van der Waals surface area contributed by atoms with Crippen molar-refractivity contribution in [2.24, 2.45) is 28.6 Å². The highest BCUT2D eigenvalue weighted by molar-refractivity contribution is 6.01. The molecule has 0 aromatic heterocycles. The first-order chi connectivity index (χ1) is 20.2. The molecule has 0 amide bonds. The van der Waals surface area contributed by atoms with E-state index in [4.69, 9.17) is 9.47 Å². The first-order valence-corrected chi connectivity index (χ1v) is 15.2. The zero-order valence-corrected chi connectivity index (χ0v) is 25.1. The number of aliphatic hydroxyl groups is 1. The number of hydrogen-bond donors (Lipinski definition) is 1. The number of esters is 2. The molecular formula is C34H40F2O7. The van der Waals surface area contributed by atoms with Crippen LogP contribution in [0.15, 0.2) is 54.1 Å². The Morgan fingerprint density at radius 3 is 2.44 bits per heavy atom. The first-order valence-electron chi connectivity index (χ1n) is 15.2. The summed E-state index contributed by atoms with van der Waals surface area (Å²) < 4.78 is 44.9. The number of Topliss-reactive ketones (excluding diaryl/α,β-unsaturated/α-hetero) is 1. The van der Waals surface area contributed by atoms with Crippen molar-refractivity contribution >= 4 is 23.5 Å². The molecule has 0 aliphatic heterocycles. The van der Waals surface area contributed by atoms with Gasteiger partial charge in [-0.25, -0.2) is 8.78 Å². The summed E-state index contributed by atoms with van der Waals surface area (Å²) in [7, 11) is 0. The van der Waals surface area contributed by atoms with E-state index in [1.807, 2.05) is 6.07 Å². The minimum Gasteiger partial charge on any atom is -0.457 e. The van der Waals surface area contributed by atoms with Gasteiger partial charge in [0.1, 0.15) is 6.17 Å². The zero-order chi connectivity index (χ0) is 31.4. The van der Waals surface area contributed by atoms with Crippen LogP contribution in [0.2, 0.25) is 0 Å². The van der Waals surface area contributed by atoms with E-state index in [2.05, 4.69) is 0 Å². The molecule has 5 rings (SSSR count). The predicted molar refractivity (Wildman–Crippen MR) is 153 cm³/mol. The van der Waals surface area contributed by atoms with Gasteiger partial charge in [0.25, 0.3) is 0 Å². The minimum absolute atomic E-state index is 0.00879. The van der Waals surface area contributed by atoms with E-state index in [1.54, 1.807) is 45.0 Å². The van der Waals surface area contributed by atoms with E-state index < -0.39 is 82.2 Å². The zero-order valence-electron chi connectivity index (χ0n) is 25.1. The minimum atomic E-state index is -2.34. The Morgan fingerprint density at radius 1 is 1.07 bits per heavy atom. The maximum absolute atomic E-state index is 17.6. The second-order valence-electron chi connectivity index (χ2n) is 13.2. The molecule has 4 aliphatic carbocycles. The molecule has 7 nitrogen and oxygen atoms in total. The fraction of sp³-hybridized carbons (Fsp3) is 0.588. The highest BCUT2D eigenvalue weighted by Gasteiger charge is 2.78. The number of fused-ring (bicyclic) bond motifs is 5. The number of halogens is 2. The van der Waals surface area contributed by atoms with Gasteiger partial charge < -0.3 is 14.6 Å². The lowest BCUT2D eigenvalue weighted by molar-refractivity contribution is -0.232. The molecule has 43 heavy (non-hydrogen) atoms. The Morgan fingerprint density at radius 2 is 1.77 bits per heavy atom. The van der Waals surface area contributed by atoms with Crippen LogP contribution in [0.5, 0.6) is 0 Å². The van der Waals surface area contributed by atoms with Gasteiger partial charge in [-0.1, -0.05) is 57.2 Å². The maximum Gasteiger partial charge on any atom is 0.310 e. The van der Waals surface area contributed by atoms with Crippen LogP contribution in [0, 0.1) is 28.6 Å². The van der Waals surface area contributed by atoms with Crippen LogP contribution in [0.3, 0.4) is 0 Å². The molecular weight excluding hydrogens is 558 g/mol. The number of hydrogen-bond acceptors (Lipinski definition) is 7. The van der Waals surface area contributed by atoms with Crippen molar-refractivity contribution in [1.29, 1.82) is 0 Å². The third-order valence-corrected chi connectivity index (χ3v) is 10.9. The third kappa shape index (κ3) is 4.61. The molecule has 3 saturated carbocycles. The summed E-state index contributed by atoms with van der Waals surface area (Å²) in [5.74, 6) is -4.66. The SMILES string of the molecule is CCCC(=O)O[C@]1(C(=O)COC(=O)Cc2ccccc2)[C@H](C)C[C@H]2[C@@H]3C[C@H](F)C4=CC(=O)C=C[C@]4(C)[C@@]3(F)[C@@H](O)C[C@@]21C. The number of alkyl halides is 2. The summed E-state index contributed by atoms with van der Waals surface area (Å²) in [5, 5.41) is 11.7. The normalized spacial score (nSPS) is 39.7. The monoisotopic (exact) mass is 598 g/mol. The van der Waals surface area contributed by atoms with Crippen molar-refractivity contribution < 1.29 is 42.5 Å². The topological polar surface area (TPSA) is 107 Å². The number of aliphatic hydroxyl groups excluding tert-OH is 1. The van der Waals surface area contributed by atoms with Crippen molar-refractivity contribution in [3.8, 4) is 0 Å². The molecule has 0 heterocycles. The Bertz CT molecular complexity index is 1370. The van der Waals surface area contributed by atoms with Crippen LogP contribution in [0.1, 0.15) is 65.4 Å². The molecule has 0 radical (unpaired) electrons. The van der Waals surface area contributed by atoms with Gasteiger partial charge in [-0.05, 0) is 61.8 Å². The lowest BCUT2D eigenvalue weighted by Crippen LogP contribution is -2.71. The largest absolute Gasteiger partial charge is 0.457 e. The number of carbonyl (C=O) groups is 4. The number of carbonyl (C=O) groups excluding carboxylic acids is 4. The Hall–Kier alpha value is -3.20. The average molecular weight is 599 g/mol. The van der Waals surface area contributed by atoms with Crippen LogP contribution in [-0.4, -0.2) is 58.8 Å². The molecule has 3 fully saturated rings. The Balaban J connectivity index is 1.51. The van der Waals surface area contributed by atoms with Gasteiger partial charge in [-0.15, -0.1) is 0 Å². The molecule has 0 saturated heterocycles. The van der Waals surface area contributed by atoms with Gasteiger partial charge >= 0.3 is 11.9 Å². The Kier molecular flexibility index (Phi) is 8.03. The van der Waals surface area contributed by atoms with Gasteiger partial charge in [0.2, 0.25) is 5.78 Å². The second kappa shape index (κ2) is 11.1. The van der Waals surface area contributed by atoms with Crippen molar-refractivity contribution in [2.45, 2.75) is 89.8 Å². The smallest absolute Gasteiger partial charge is 0.310 e. The molecule has 1 N–H and O–H groups in total. The highest BCUT2D eigenvalue weighted by atomic mass is 19.1. The van der Waals surface area contributed by atoms with E-state index in [1.165, 1.54) is 19.1 Å². The lowest BCUT2D eigenvalue weighted by atomic mass is 9.44. The summed E-state index contributed by atoms with van der Waals surface area (Å²) in [5.41, 5.74) is -6.32. The molecule has 232 valence electrons. The van der Waals surface area contributed by atoms with Gasteiger partial charge in [0.15, 0.2) is 23.7 Å². The van der Waals surface area contributed by atoms with Crippen LogP contribution < -0.4 is 0 Å². The Labute approximate surface area is 250 Å². The van der Waals surface area contributed by atoms with Crippen LogP contribution in [0.25, 0.3) is 0 Å². The van der Waals surface area contributed by atoms with Crippen molar-refractivity contribution in [3.05, 3.63) is 59.7 Å². The molecule has 1 aromatic rings. The van der Waals surface area contributed by atoms with Gasteiger partial charge in [-0.2, -0.15) is 0 Å². The fourth-order valence-corrected chi connectivity index (χ4v) is 8.89. The summed E-state index contributed by atoms with van der Waals surface area (Å²) in [6.45, 7) is 6.08. The summed E-state index contributed by atoms with van der Waals surface area (Å²) in [6.07, 6.45) is 0.531. The molecule has 1 aromatic carbocycles. The van der Waals surface area contributed by atoms with Gasteiger partial charge in [0, 0.05) is 29.1 Å². The van der Waals surface area contributed by atoms with Crippen molar-refractivity contribution in [2.75, 3.05) is 6.61 Å². The van der Waals surface area contributed by atoms with Gasteiger partial charge in [-0.3, -0.25) is 19.2 Å². The number of benzene rings is 1. The molecule has 0 bridgehead atoms. The van der Waals surface area contributed by atoms with E-state index in [9.17, 15) is 24.3 Å². The number of rotatable bonds is 8. The van der Waals surface area contributed by atoms with Gasteiger partial charge in [0.05, 0.1) is 12.5 Å².